The van der Waals surface area contributed by atoms with Crippen molar-refractivity contribution in [3.05, 3.63) is 29.8 Å². The van der Waals surface area contributed by atoms with Gasteiger partial charge in [0.05, 0.1) is 19.1 Å². The van der Waals surface area contributed by atoms with Gasteiger partial charge in [-0.05, 0) is 20.0 Å². The quantitative estimate of drug-likeness (QED) is 0.760. The van der Waals surface area contributed by atoms with Crippen LogP contribution >= 0.6 is 0 Å². The van der Waals surface area contributed by atoms with Crippen molar-refractivity contribution in [2.24, 2.45) is 5.92 Å². The predicted molar refractivity (Wildman–Crippen MR) is 64.1 cm³/mol. The summed E-state index contributed by atoms with van der Waals surface area (Å²) < 4.78 is 5.29. The Hall–Kier alpha value is -1.53. The van der Waals surface area contributed by atoms with E-state index in [2.05, 4.69) is 11.0 Å². The van der Waals surface area contributed by atoms with E-state index >= 15 is 0 Å². The van der Waals surface area contributed by atoms with Crippen molar-refractivity contribution in [3.63, 3.8) is 0 Å². The Bertz CT molecular complexity index is 370. The monoisotopic (exact) mass is 218 g/mol. The van der Waals surface area contributed by atoms with E-state index < -0.39 is 0 Å². The number of hydrogen-bond acceptors (Lipinski definition) is 3. The molecule has 1 aromatic carbocycles. The largest absolute Gasteiger partial charge is 0.496 e. The van der Waals surface area contributed by atoms with Gasteiger partial charge in [-0.15, -0.1) is 0 Å². The van der Waals surface area contributed by atoms with Gasteiger partial charge in [-0.25, -0.2) is 0 Å². The highest BCUT2D eigenvalue weighted by Gasteiger charge is 2.08. The summed E-state index contributed by atoms with van der Waals surface area (Å²) in [6.07, 6.45) is 0. The molecule has 0 aliphatic heterocycles. The van der Waals surface area contributed by atoms with E-state index in [-0.39, 0.29) is 5.92 Å². The molecule has 0 aliphatic rings. The number of para-hydroxylation sites is 1. The molecule has 0 aliphatic carbocycles. The van der Waals surface area contributed by atoms with Gasteiger partial charge in [0.15, 0.2) is 0 Å². The van der Waals surface area contributed by atoms with Gasteiger partial charge in [-0.2, -0.15) is 5.26 Å². The fourth-order valence-electron chi connectivity index (χ4n) is 1.70. The average molecular weight is 218 g/mol. The number of nitriles is 1. The van der Waals surface area contributed by atoms with Crippen molar-refractivity contribution in [3.8, 4) is 11.8 Å². The number of rotatable bonds is 5. The number of methoxy groups -OCH3 is 1. The molecular formula is C13H18N2O. The Kier molecular flexibility index (Phi) is 4.81. The zero-order chi connectivity index (χ0) is 12.0. The summed E-state index contributed by atoms with van der Waals surface area (Å²) in [5.74, 6) is 0.957. The second-order valence-electron chi connectivity index (χ2n) is 4.04. The molecule has 0 spiro atoms. The topological polar surface area (TPSA) is 36.3 Å². The van der Waals surface area contributed by atoms with Crippen LogP contribution in [0.4, 0.5) is 0 Å². The van der Waals surface area contributed by atoms with Crippen molar-refractivity contribution in [1.29, 1.82) is 5.26 Å². The molecule has 0 heterocycles. The van der Waals surface area contributed by atoms with Gasteiger partial charge in [0, 0.05) is 18.7 Å². The highest BCUT2D eigenvalue weighted by Crippen LogP contribution is 2.18. The van der Waals surface area contributed by atoms with Crippen LogP contribution in [0.2, 0.25) is 0 Å². The second-order valence-corrected chi connectivity index (χ2v) is 4.04. The van der Waals surface area contributed by atoms with Crippen LogP contribution in [0.3, 0.4) is 0 Å². The standard InChI is InChI=1S/C13H18N2O/c1-11(8-14)9-15(2)10-12-6-4-5-7-13(12)16-3/h4-7,11H,9-10H2,1-3H3. The molecular weight excluding hydrogens is 200 g/mol. The molecule has 0 saturated heterocycles. The smallest absolute Gasteiger partial charge is 0.123 e. The molecule has 1 atom stereocenters. The molecule has 16 heavy (non-hydrogen) atoms. The van der Waals surface area contributed by atoms with Gasteiger partial charge in [0.1, 0.15) is 5.75 Å². The summed E-state index contributed by atoms with van der Waals surface area (Å²) in [5.41, 5.74) is 1.15. The molecule has 3 nitrogen and oxygen atoms in total. The fourth-order valence-corrected chi connectivity index (χ4v) is 1.70. The SMILES string of the molecule is COc1ccccc1CN(C)CC(C)C#N. The molecule has 0 saturated carbocycles. The molecule has 0 aromatic heterocycles. The van der Waals surface area contributed by atoms with Gasteiger partial charge in [0.25, 0.3) is 0 Å². The maximum Gasteiger partial charge on any atom is 0.123 e. The Morgan fingerprint density at radius 1 is 1.44 bits per heavy atom. The lowest BCUT2D eigenvalue weighted by Gasteiger charge is -2.19. The minimum absolute atomic E-state index is 0.0553. The zero-order valence-electron chi connectivity index (χ0n) is 10.1. The molecule has 3 heteroatoms. The van der Waals surface area contributed by atoms with Crippen LogP contribution in [0.5, 0.6) is 5.75 Å². The van der Waals surface area contributed by atoms with Gasteiger partial charge in [0.2, 0.25) is 0 Å². The third-order valence-electron chi connectivity index (χ3n) is 2.44. The molecule has 0 fully saturated rings. The minimum Gasteiger partial charge on any atom is -0.496 e. The van der Waals surface area contributed by atoms with Crippen molar-refractivity contribution < 1.29 is 4.74 Å². The first kappa shape index (κ1) is 12.5. The van der Waals surface area contributed by atoms with Crippen LogP contribution in [0.15, 0.2) is 24.3 Å². The highest BCUT2D eigenvalue weighted by molar-refractivity contribution is 5.32. The average Bonchev–Trinajstić information content (AvgIpc) is 2.29. The van der Waals surface area contributed by atoms with Crippen LogP contribution in [-0.2, 0) is 6.54 Å². The van der Waals surface area contributed by atoms with Crippen molar-refractivity contribution in [2.45, 2.75) is 13.5 Å². The Morgan fingerprint density at radius 3 is 2.75 bits per heavy atom. The van der Waals surface area contributed by atoms with E-state index in [1.165, 1.54) is 0 Å². The first-order chi connectivity index (χ1) is 7.67. The van der Waals surface area contributed by atoms with Crippen molar-refractivity contribution >= 4 is 0 Å². The summed E-state index contributed by atoms with van der Waals surface area (Å²) >= 11 is 0. The van der Waals surface area contributed by atoms with Crippen LogP contribution in [0.25, 0.3) is 0 Å². The number of nitrogens with zero attached hydrogens (tertiary/aromatic N) is 2. The molecule has 1 rings (SSSR count). The van der Waals surface area contributed by atoms with Crippen LogP contribution in [0, 0.1) is 17.2 Å². The van der Waals surface area contributed by atoms with E-state index in [0.717, 1.165) is 24.4 Å². The first-order valence-electron chi connectivity index (χ1n) is 5.37. The molecule has 0 radical (unpaired) electrons. The summed E-state index contributed by atoms with van der Waals surface area (Å²) in [4.78, 5) is 2.13. The first-order valence-corrected chi connectivity index (χ1v) is 5.37. The van der Waals surface area contributed by atoms with E-state index in [1.54, 1.807) is 7.11 Å². The van der Waals surface area contributed by atoms with Gasteiger partial charge >= 0.3 is 0 Å². The van der Waals surface area contributed by atoms with Crippen molar-refractivity contribution in [2.75, 3.05) is 20.7 Å². The molecule has 1 aromatic rings. The lowest BCUT2D eigenvalue weighted by Crippen LogP contribution is -2.23. The minimum atomic E-state index is 0.0553. The third kappa shape index (κ3) is 3.56. The molecule has 0 amide bonds. The maximum absolute atomic E-state index is 8.75. The molecule has 86 valence electrons. The van der Waals surface area contributed by atoms with E-state index in [0.29, 0.717) is 0 Å². The lowest BCUT2D eigenvalue weighted by atomic mass is 10.1. The fraction of sp³-hybridized carbons (Fsp3) is 0.462. The summed E-state index contributed by atoms with van der Waals surface area (Å²) in [7, 11) is 3.69. The molecule has 0 bridgehead atoms. The van der Waals surface area contributed by atoms with Gasteiger partial charge < -0.3 is 9.64 Å². The molecule has 0 N–H and O–H groups in total. The number of hydrogen-bond donors (Lipinski definition) is 0. The van der Waals surface area contributed by atoms with E-state index in [9.17, 15) is 0 Å². The number of ether oxygens (including phenoxy) is 1. The van der Waals surface area contributed by atoms with Crippen LogP contribution in [-0.4, -0.2) is 25.6 Å². The molecule has 1 unspecified atom stereocenters. The second kappa shape index (κ2) is 6.14. The van der Waals surface area contributed by atoms with Gasteiger partial charge in [-0.3, -0.25) is 0 Å². The predicted octanol–water partition coefficient (Wildman–Crippen LogP) is 2.29. The Labute approximate surface area is 97.3 Å². The number of benzene rings is 1. The maximum atomic E-state index is 8.75. The zero-order valence-corrected chi connectivity index (χ0v) is 10.1. The lowest BCUT2D eigenvalue weighted by molar-refractivity contribution is 0.296. The van der Waals surface area contributed by atoms with Crippen molar-refractivity contribution in [1.82, 2.24) is 4.90 Å². The summed E-state index contributed by atoms with van der Waals surface area (Å²) in [5, 5.41) is 8.75. The van der Waals surface area contributed by atoms with E-state index in [4.69, 9.17) is 10.00 Å². The summed E-state index contributed by atoms with van der Waals surface area (Å²) in [6, 6.07) is 10.2. The van der Waals surface area contributed by atoms with Crippen LogP contribution in [0.1, 0.15) is 12.5 Å². The normalized spacial score (nSPS) is 12.2. The van der Waals surface area contributed by atoms with Gasteiger partial charge in [-0.1, -0.05) is 18.2 Å². The Morgan fingerprint density at radius 2 is 2.12 bits per heavy atom. The third-order valence-corrected chi connectivity index (χ3v) is 2.44. The summed E-state index contributed by atoms with van der Waals surface area (Å²) in [6.45, 7) is 3.50. The highest BCUT2D eigenvalue weighted by atomic mass is 16.5. The van der Waals surface area contributed by atoms with E-state index in [1.807, 2.05) is 38.2 Å². The Balaban J connectivity index is 2.62. The van der Waals surface area contributed by atoms with Crippen LogP contribution < -0.4 is 4.74 Å².